The lowest BCUT2D eigenvalue weighted by Gasteiger charge is -2.32. The van der Waals surface area contributed by atoms with Crippen molar-refractivity contribution >= 4 is 0 Å². The first-order chi connectivity index (χ1) is 13.1. The number of aromatic nitrogens is 2. The van der Waals surface area contributed by atoms with Gasteiger partial charge in [-0.1, -0.05) is 6.07 Å². The lowest BCUT2D eigenvalue weighted by atomic mass is 9.96. The fraction of sp³-hybridized carbons (Fsp3) is 0.500. The molecule has 0 bridgehead atoms. The van der Waals surface area contributed by atoms with E-state index in [9.17, 15) is 4.79 Å². The highest BCUT2D eigenvalue weighted by molar-refractivity contribution is 5.44. The molecule has 1 aromatic heterocycles. The van der Waals surface area contributed by atoms with E-state index < -0.39 is 0 Å². The fourth-order valence-corrected chi connectivity index (χ4v) is 3.67. The van der Waals surface area contributed by atoms with Crippen LogP contribution in [0.2, 0.25) is 0 Å². The number of H-pyrrole nitrogens is 1. The molecule has 7 nitrogen and oxygen atoms in total. The average Bonchev–Trinajstić information content (AvgIpc) is 2.68. The Kier molecular flexibility index (Phi) is 6.47. The average molecular weight is 373 g/mol. The molecule has 1 saturated heterocycles. The van der Waals surface area contributed by atoms with Crippen LogP contribution in [0.1, 0.15) is 35.8 Å². The second-order valence-electron chi connectivity index (χ2n) is 6.77. The largest absolute Gasteiger partial charge is 0.496 e. The van der Waals surface area contributed by atoms with E-state index in [0.717, 1.165) is 55.4 Å². The maximum absolute atomic E-state index is 12.0. The highest BCUT2D eigenvalue weighted by Gasteiger charge is 2.25. The normalized spacial score (nSPS) is 17.7. The summed E-state index contributed by atoms with van der Waals surface area (Å²) >= 11 is 0. The molecule has 1 aromatic carbocycles. The van der Waals surface area contributed by atoms with Gasteiger partial charge in [0.25, 0.3) is 5.56 Å². The van der Waals surface area contributed by atoms with Gasteiger partial charge in [0.05, 0.1) is 32.1 Å². The third kappa shape index (κ3) is 4.67. The van der Waals surface area contributed by atoms with Gasteiger partial charge in [0.15, 0.2) is 0 Å². The number of likely N-dealkylation sites (tertiary alicyclic amines) is 1. The Labute approximate surface area is 159 Å². The quantitative estimate of drug-likeness (QED) is 0.803. The number of piperidine rings is 1. The van der Waals surface area contributed by atoms with Gasteiger partial charge in [0, 0.05) is 32.2 Å². The Morgan fingerprint density at radius 3 is 2.63 bits per heavy atom. The van der Waals surface area contributed by atoms with Crippen LogP contribution in [-0.2, 0) is 17.9 Å². The summed E-state index contributed by atoms with van der Waals surface area (Å²) in [7, 11) is 4.95. The van der Waals surface area contributed by atoms with Gasteiger partial charge < -0.3 is 19.2 Å². The minimum atomic E-state index is -0.129. The number of hydrogen-bond donors (Lipinski definition) is 1. The highest BCUT2D eigenvalue weighted by atomic mass is 16.5. The number of ether oxygens (including phenoxy) is 3. The molecule has 1 aliphatic heterocycles. The summed E-state index contributed by atoms with van der Waals surface area (Å²) in [6.45, 7) is 2.87. The number of methoxy groups -OCH3 is 3. The van der Waals surface area contributed by atoms with Crippen molar-refractivity contribution in [3.63, 3.8) is 0 Å². The van der Waals surface area contributed by atoms with Crippen LogP contribution in [0, 0.1) is 0 Å². The summed E-state index contributed by atoms with van der Waals surface area (Å²) in [5.74, 6) is 2.57. The van der Waals surface area contributed by atoms with Crippen LogP contribution in [0.4, 0.5) is 0 Å². The highest BCUT2D eigenvalue weighted by Crippen LogP contribution is 2.32. The van der Waals surface area contributed by atoms with E-state index in [1.807, 2.05) is 18.2 Å². The molecule has 0 amide bonds. The van der Waals surface area contributed by atoms with Gasteiger partial charge >= 0.3 is 0 Å². The zero-order chi connectivity index (χ0) is 19.2. The summed E-state index contributed by atoms with van der Waals surface area (Å²) in [5.41, 5.74) is 1.58. The second kappa shape index (κ2) is 9.01. The maximum Gasteiger partial charge on any atom is 0.251 e. The molecule has 0 saturated carbocycles. The molecular formula is C20H27N3O4. The molecule has 2 aromatic rings. The lowest BCUT2D eigenvalue weighted by Crippen LogP contribution is -2.35. The zero-order valence-electron chi connectivity index (χ0n) is 16.2. The van der Waals surface area contributed by atoms with Gasteiger partial charge in [-0.15, -0.1) is 0 Å². The fourth-order valence-electron chi connectivity index (χ4n) is 3.67. The third-order valence-electron chi connectivity index (χ3n) is 4.91. The Hall–Kier alpha value is -2.38. The van der Waals surface area contributed by atoms with Gasteiger partial charge in [-0.05, 0) is 31.5 Å². The van der Waals surface area contributed by atoms with Crippen LogP contribution in [0.15, 0.2) is 29.1 Å². The van der Waals surface area contributed by atoms with Gasteiger partial charge in [-0.2, -0.15) is 0 Å². The molecule has 0 aliphatic carbocycles. The van der Waals surface area contributed by atoms with Crippen LogP contribution in [-0.4, -0.2) is 49.3 Å². The molecule has 7 heteroatoms. The number of hydrogen-bond acceptors (Lipinski definition) is 6. The summed E-state index contributed by atoms with van der Waals surface area (Å²) in [6.07, 6.45) is 2.04. The number of benzene rings is 1. The Bertz CT molecular complexity index is 799. The molecule has 1 unspecified atom stereocenters. The molecule has 1 aliphatic rings. The SMILES string of the molecule is COCc1cc(=O)[nH]c(C2CCCN(Cc3c(OC)cccc3OC)C2)n1. The maximum atomic E-state index is 12.0. The van der Waals surface area contributed by atoms with Crippen molar-refractivity contribution in [1.29, 1.82) is 0 Å². The summed E-state index contributed by atoms with van der Waals surface area (Å²) in [5, 5.41) is 0. The monoisotopic (exact) mass is 373 g/mol. The van der Waals surface area contributed by atoms with Gasteiger partial charge in [-0.25, -0.2) is 4.98 Å². The van der Waals surface area contributed by atoms with Gasteiger partial charge in [0.1, 0.15) is 17.3 Å². The van der Waals surface area contributed by atoms with Crippen molar-refractivity contribution in [2.75, 3.05) is 34.4 Å². The van der Waals surface area contributed by atoms with Gasteiger partial charge in [-0.3, -0.25) is 9.69 Å². The van der Waals surface area contributed by atoms with E-state index in [0.29, 0.717) is 12.3 Å². The molecular weight excluding hydrogens is 346 g/mol. The Morgan fingerprint density at radius 1 is 1.22 bits per heavy atom. The topological polar surface area (TPSA) is 76.7 Å². The van der Waals surface area contributed by atoms with Crippen LogP contribution in [0.25, 0.3) is 0 Å². The first-order valence-electron chi connectivity index (χ1n) is 9.16. The molecule has 1 fully saturated rings. The van der Waals surface area contributed by atoms with E-state index in [1.165, 1.54) is 6.07 Å². The van der Waals surface area contributed by atoms with E-state index >= 15 is 0 Å². The van der Waals surface area contributed by atoms with Gasteiger partial charge in [0.2, 0.25) is 0 Å². The van der Waals surface area contributed by atoms with E-state index in [2.05, 4.69) is 14.9 Å². The number of nitrogens with one attached hydrogen (secondary N) is 1. The second-order valence-corrected chi connectivity index (χ2v) is 6.77. The predicted octanol–water partition coefficient (Wildman–Crippen LogP) is 2.31. The van der Waals surface area contributed by atoms with Crippen molar-refractivity contribution in [3.05, 3.63) is 51.7 Å². The van der Waals surface area contributed by atoms with Crippen LogP contribution >= 0.6 is 0 Å². The molecule has 146 valence electrons. The number of aromatic amines is 1. The molecule has 1 N–H and O–H groups in total. The van der Waals surface area contributed by atoms with Crippen LogP contribution in [0.5, 0.6) is 11.5 Å². The molecule has 0 spiro atoms. The lowest BCUT2D eigenvalue weighted by molar-refractivity contribution is 0.178. The Balaban J connectivity index is 1.79. The minimum absolute atomic E-state index is 0.129. The first-order valence-corrected chi connectivity index (χ1v) is 9.16. The molecule has 3 rings (SSSR count). The molecule has 1 atom stereocenters. The minimum Gasteiger partial charge on any atom is -0.496 e. The summed E-state index contributed by atoms with van der Waals surface area (Å²) in [6, 6.07) is 7.32. The Morgan fingerprint density at radius 2 is 1.96 bits per heavy atom. The van der Waals surface area contributed by atoms with Crippen molar-refractivity contribution in [2.24, 2.45) is 0 Å². The summed E-state index contributed by atoms with van der Waals surface area (Å²) < 4.78 is 16.2. The molecule has 2 heterocycles. The van der Waals surface area contributed by atoms with E-state index in [-0.39, 0.29) is 11.5 Å². The van der Waals surface area contributed by atoms with Crippen LogP contribution < -0.4 is 15.0 Å². The molecule has 27 heavy (non-hydrogen) atoms. The van der Waals surface area contributed by atoms with E-state index in [1.54, 1.807) is 21.3 Å². The van der Waals surface area contributed by atoms with Crippen molar-refractivity contribution in [3.8, 4) is 11.5 Å². The smallest absolute Gasteiger partial charge is 0.251 e. The number of rotatable bonds is 7. The van der Waals surface area contributed by atoms with Crippen molar-refractivity contribution in [2.45, 2.75) is 31.9 Å². The van der Waals surface area contributed by atoms with Crippen molar-refractivity contribution in [1.82, 2.24) is 14.9 Å². The standard InChI is InChI=1S/C20H27N3O4/c1-25-13-15-10-19(24)22-20(21-15)14-6-5-9-23(11-14)12-16-17(26-2)7-4-8-18(16)27-3/h4,7-8,10,14H,5-6,9,11-13H2,1-3H3,(H,21,22,24). The third-order valence-corrected chi connectivity index (χ3v) is 4.91. The zero-order valence-corrected chi connectivity index (χ0v) is 16.2. The van der Waals surface area contributed by atoms with E-state index in [4.69, 9.17) is 14.2 Å². The van der Waals surface area contributed by atoms with Crippen molar-refractivity contribution < 1.29 is 14.2 Å². The predicted molar refractivity (Wildman–Crippen MR) is 102 cm³/mol. The first kappa shape index (κ1) is 19.4. The number of nitrogens with zero attached hydrogens (tertiary/aromatic N) is 2. The summed E-state index contributed by atoms with van der Waals surface area (Å²) in [4.78, 5) is 21.8. The molecule has 0 radical (unpaired) electrons. The van der Waals surface area contributed by atoms with Crippen LogP contribution in [0.3, 0.4) is 0 Å².